The fourth-order valence-corrected chi connectivity index (χ4v) is 2.46. The average Bonchev–Trinajstić information content (AvgIpc) is 2.29. The summed E-state index contributed by atoms with van der Waals surface area (Å²) < 4.78 is 21.9. The molecule has 0 aliphatic heterocycles. The third kappa shape index (κ3) is 3.28. The van der Waals surface area contributed by atoms with Gasteiger partial charge in [-0.1, -0.05) is 15.9 Å². The number of halogens is 1. The number of hydrogen-bond donors (Lipinski definition) is 0. The summed E-state index contributed by atoms with van der Waals surface area (Å²) in [5, 5.41) is 0. The van der Waals surface area contributed by atoms with Gasteiger partial charge < -0.3 is 17.7 Å². The highest BCUT2D eigenvalue weighted by Crippen LogP contribution is 2.20. The lowest BCUT2D eigenvalue weighted by Crippen LogP contribution is -2.49. The number of benzene rings is 1. The minimum atomic E-state index is -2.99. The molecule has 0 spiro atoms. The molecule has 0 unspecified atom stereocenters. The van der Waals surface area contributed by atoms with Crippen LogP contribution in [0.1, 0.15) is 0 Å². The molecule has 0 heterocycles. The van der Waals surface area contributed by atoms with Crippen molar-refractivity contribution in [3.63, 3.8) is 0 Å². The van der Waals surface area contributed by atoms with Gasteiger partial charge in [-0.05, 0) is 24.3 Å². The minimum absolute atomic E-state index is 0.649. The molecule has 0 saturated heterocycles. The Morgan fingerprint density at radius 1 is 0.933 bits per heavy atom. The largest absolute Gasteiger partial charge is 0.748 e. The quantitative estimate of drug-likeness (QED) is 0.780. The summed E-state index contributed by atoms with van der Waals surface area (Å²) >= 11 is 3.34. The van der Waals surface area contributed by atoms with Crippen LogP contribution in [0.4, 0.5) is 0 Å². The second-order valence-corrected chi connectivity index (χ2v) is 6.01. The van der Waals surface area contributed by atoms with Crippen LogP contribution in [0.25, 0.3) is 0 Å². The summed E-state index contributed by atoms with van der Waals surface area (Å²) in [5.74, 6) is 0.649. The fourth-order valence-electron chi connectivity index (χ4n) is 1.02. The van der Waals surface area contributed by atoms with E-state index in [0.29, 0.717) is 5.75 Å². The first-order valence-corrected chi connectivity index (χ1v) is 6.68. The summed E-state index contributed by atoms with van der Waals surface area (Å²) in [7, 11) is 1.50. The van der Waals surface area contributed by atoms with Gasteiger partial charge in [0.05, 0.1) is 0 Å². The highest BCUT2D eigenvalue weighted by atomic mass is 79.9. The van der Waals surface area contributed by atoms with Gasteiger partial charge in [0.2, 0.25) is 0 Å². The fraction of sp³-hybridized carbons (Fsp3) is 0.333. The van der Waals surface area contributed by atoms with E-state index in [0.717, 1.165) is 4.47 Å². The molecule has 1 aromatic rings. The van der Waals surface area contributed by atoms with Gasteiger partial charge in [0, 0.05) is 25.8 Å². The Morgan fingerprint density at radius 2 is 1.40 bits per heavy atom. The molecule has 0 atom stereocenters. The molecule has 0 bridgehead atoms. The highest BCUT2D eigenvalue weighted by Gasteiger charge is 2.45. The first-order valence-electron chi connectivity index (χ1n) is 4.26. The molecular weight excluding hydrogens is 280 g/mol. The van der Waals surface area contributed by atoms with E-state index in [1.165, 1.54) is 21.3 Å². The van der Waals surface area contributed by atoms with Gasteiger partial charge in [-0.15, -0.1) is 0 Å². The molecule has 0 aliphatic carbocycles. The molecular formula is C9H13BrO4Si. The Hall–Kier alpha value is -0.403. The van der Waals surface area contributed by atoms with Crippen molar-refractivity contribution in [3.05, 3.63) is 28.7 Å². The molecule has 1 rings (SSSR count). The lowest BCUT2D eigenvalue weighted by molar-refractivity contribution is 0.0510. The first-order chi connectivity index (χ1) is 7.15. The van der Waals surface area contributed by atoms with E-state index in [1.54, 1.807) is 0 Å². The topological polar surface area (TPSA) is 36.9 Å². The Morgan fingerprint density at radius 3 is 1.80 bits per heavy atom. The molecule has 1 aromatic carbocycles. The predicted octanol–water partition coefficient (Wildman–Crippen LogP) is 2.20. The molecule has 0 amide bonds. The van der Waals surface area contributed by atoms with Crippen LogP contribution < -0.4 is 4.43 Å². The standard InChI is InChI=1S/C9H13BrO4Si/c1-11-15(12-2,13-3)14-9-6-4-8(10)5-7-9/h4-7H,1-3H3. The summed E-state index contributed by atoms with van der Waals surface area (Å²) in [4.78, 5) is 0. The molecule has 6 heteroatoms. The van der Waals surface area contributed by atoms with Gasteiger partial charge in [0.15, 0.2) is 0 Å². The van der Waals surface area contributed by atoms with Gasteiger partial charge in [0.1, 0.15) is 5.75 Å². The number of hydrogen-bond acceptors (Lipinski definition) is 4. The van der Waals surface area contributed by atoms with Gasteiger partial charge in [-0.25, -0.2) is 0 Å². The second kappa shape index (κ2) is 5.62. The van der Waals surface area contributed by atoms with Gasteiger partial charge >= 0.3 is 9.05 Å². The Labute approximate surface area is 98.7 Å². The Balaban J connectivity index is 2.78. The van der Waals surface area contributed by atoms with Crippen molar-refractivity contribution < 1.29 is 17.7 Å². The maximum Gasteiger partial charge on any atom is 0.748 e. The minimum Gasteiger partial charge on any atom is -0.480 e. The van der Waals surface area contributed by atoms with E-state index in [4.69, 9.17) is 17.7 Å². The van der Waals surface area contributed by atoms with Crippen molar-refractivity contribution in [3.8, 4) is 5.75 Å². The Kier molecular flexibility index (Phi) is 4.74. The zero-order valence-corrected chi connectivity index (χ0v) is 11.4. The van der Waals surface area contributed by atoms with Gasteiger partial charge in [0.25, 0.3) is 0 Å². The van der Waals surface area contributed by atoms with Gasteiger partial charge in [-0.2, -0.15) is 0 Å². The van der Waals surface area contributed by atoms with Crippen molar-refractivity contribution >= 4 is 25.0 Å². The van der Waals surface area contributed by atoms with E-state index in [1.807, 2.05) is 24.3 Å². The third-order valence-corrected chi connectivity index (χ3v) is 4.32. The monoisotopic (exact) mass is 292 g/mol. The maximum absolute atomic E-state index is 5.56. The molecule has 0 aromatic heterocycles. The third-order valence-electron chi connectivity index (χ3n) is 1.81. The van der Waals surface area contributed by atoms with Crippen LogP contribution in [-0.4, -0.2) is 30.4 Å². The molecule has 0 aliphatic rings. The lowest BCUT2D eigenvalue weighted by Gasteiger charge is -2.23. The van der Waals surface area contributed by atoms with E-state index >= 15 is 0 Å². The SMILES string of the molecule is CO[Si](OC)(OC)Oc1ccc(Br)cc1. The van der Waals surface area contributed by atoms with Crippen LogP contribution in [0.5, 0.6) is 5.75 Å². The molecule has 4 nitrogen and oxygen atoms in total. The van der Waals surface area contributed by atoms with Crippen molar-refractivity contribution in [1.82, 2.24) is 0 Å². The molecule has 15 heavy (non-hydrogen) atoms. The predicted molar refractivity (Wildman–Crippen MR) is 61.6 cm³/mol. The van der Waals surface area contributed by atoms with Crippen LogP contribution in [0.15, 0.2) is 28.7 Å². The van der Waals surface area contributed by atoms with E-state index < -0.39 is 9.05 Å². The van der Waals surface area contributed by atoms with Crippen LogP contribution in [0, 0.1) is 0 Å². The first kappa shape index (κ1) is 12.7. The summed E-state index contributed by atoms with van der Waals surface area (Å²) in [6, 6.07) is 7.36. The molecule has 0 radical (unpaired) electrons. The maximum atomic E-state index is 5.56. The molecule has 0 N–H and O–H groups in total. The Bertz CT molecular complexity index is 291. The van der Waals surface area contributed by atoms with E-state index in [9.17, 15) is 0 Å². The summed E-state index contributed by atoms with van der Waals surface area (Å²) in [6.45, 7) is 0. The van der Waals surface area contributed by atoms with Crippen molar-refractivity contribution in [2.24, 2.45) is 0 Å². The number of rotatable bonds is 5. The molecule has 84 valence electrons. The van der Waals surface area contributed by atoms with Crippen molar-refractivity contribution in [2.75, 3.05) is 21.3 Å². The van der Waals surface area contributed by atoms with Crippen LogP contribution in [0.2, 0.25) is 0 Å². The van der Waals surface area contributed by atoms with Gasteiger partial charge in [-0.3, -0.25) is 0 Å². The van der Waals surface area contributed by atoms with E-state index in [2.05, 4.69) is 15.9 Å². The zero-order valence-electron chi connectivity index (χ0n) is 8.82. The van der Waals surface area contributed by atoms with Crippen LogP contribution in [0.3, 0.4) is 0 Å². The normalized spacial score (nSPS) is 11.5. The summed E-state index contributed by atoms with van der Waals surface area (Å²) in [5.41, 5.74) is 0. The molecule has 0 fully saturated rings. The lowest BCUT2D eigenvalue weighted by atomic mass is 10.3. The smallest absolute Gasteiger partial charge is 0.480 e. The second-order valence-electron chi connectivity index (χ2n) is 2.67. The van der Waals surface area contributed by atoms with Crippen molar-refractivity contribution in [2.45, 2.75) is 0 Å². The van der Waals surface area contributed by atoms with Crippen LogP contribution in [-0.2, 0) is 13.3 Å². The van der Waals surface area contributed by atoms with Crippen molar-refractivity contribution in [1.29, 1.82) is 0 Å². The summed E-state index contributed by atoms with van der Waals surface area (Å²) in [6.07, 6.45) is 0. The average molecular weight is 293 g/mol. The molecule has 0 saturated carbocycles. The van der Waals surface area contributed by atoms with Crippen LogP contribution >= 0.6 is 15.9 Å². The van der Waals surface area contributed by atoms with E-state index in [-0.39, 0.29) is 0 Å². The zero-order chi connectivity index (χ0) is 11.3. The highest BCUT2D eigenvalue weighted by molar-refractivity contribution is 9.10.